The predicted octanol–water partition coefficient (Wildman–Crippen LogP) is 4.31. The molecule has 0 fully saturated rings. The van der Waals surface area contributed by atoms with E-state index < -0.39 is 12.1 Å². The molecule has 0 amide bonds. The summed E-state index contributed by atoms with van der Waals surface area (Å²) in [6, 6.07) is 17.7. The number of nitrogens with zero attached hydrogens (tertiary/aromatic N) is 4. The van der Waals surface area contributed by atoms with Gasteiger partial charge in [0, 0.05) is 16.9 Å². The van der Waals surface area contributed by atoms with Crippen molar-refractivity contribution in [3.8, 4) is 34.7 Å². The van der Waals surface area contributed by atoms with E-state index in [0.717, 1.165) is 5.56 Å². The maximum absolute atomic E-state index is 11.1. The molecule has 2 aromatic heterocycles. The summed E-state index contributed by atoms with van der Waals surface area (Å²) in [5, 5.41) is 48.0. The van der Waals surface area contributed by atoms with Crippen LogP contribution in [0.25, 0.3) is 22.6 Å². The van der Waals surface area contributed by atoms with Crippen molar-refractivity contribution in [2.45, 2.75) is 36.6 Å². The van der Waals surface area contributed by atoms with Crippen LogP contribution in [-0.2, 0) is 12.2 Å². The highest BCUT2D eigenvalue weighted by Crippen LogP contribution is 2.37. The van der Waals surface area contributed by atoms with E-state index >= 15 is 0 Å². The number of aliphatic hydroxyl groups is 2. The fourth-order valence-electron chi connectivity index (χ4n) is 4.03. The van der Waals surface area contributed by atoms with Crippen molar-refractivity contribution in [2.24, 2.45) is 0 Å². The first-order valence-electron chi connectivity index (χ1n) is 12.2. The van der Waals surface area contributed by atoms with Crippen LogP contribution in [0.4, 0.5) is 5.82 Å². The highest BCUT2D eigenvalue weighted by molar-refractivity contribution is 7.98. The molecule has 4 aromatic rings. The van der Waals surface area contributed by atoms with Crippen molar-refractivity contribution >= 4 is 23.5 Å². The number of carbonyl (C=O) groups is 1. The summed E-state index contributed by atoms with van der Waals surface area (Å²) in [5.74, 6) is 0.187. The number of anilines is 1. The summed E-state index contributed by atoms with van der Waals surface area (Å²) in [6.07, 6.45) is 0.167. The quantitative estimate of drug-likeness (QED) is 0.204. The van der Waals surface area contributed by atoms with E-state index in [1.165, 1.54) is 23.9 Å². The van der Waals surface area contributed by atoms with Crippen LogP contribution in [0.5, 0.6) is 0 Å². The Bertz CT molecular complexity index is 1620. The minimum absolute atomic E-state index is 0.00484. The smallest absolute Gasteiger partial charge is 0.335 e. The Kier molecular flexibility index (Phi) is 8.82. The molecule has 0 bridgehead atoms. The number of pyridine rings is 1. The molecule has 0 saturated carbocycles. The molecule has 0 unspecified atom stereocenters. The SMILES string of the molecule is Cc1oc(-c2ccc(C(=O)O)cc2)nc1CSc1nc(N)c(C#N)c(-c2ccc(CC[C@@H](O)CO)cc2)c1C#N. The molecule has 2 aromatic carbocycles. The Hall–Kier alpha value is -4.68. The normalized spacial score (nSPS) is 11.5. The van der Waals surface area contributed by atoms with Crippen LogP contribution in [-0.4, -0.2) is 44.0 Å². The predicted molar refractivity (Wildman–Crippen MR) is 148 cm³/mol. The van der Waals surface area contributed by atoms with Gasteiger partial charge in [0.25, 0.3) is 0 Å². The van der Waals surface area contributed by atoms with Crippen LogP contribution in [0.15, 0.2) is 58.0 Å². The number of aromatic carboxylic acids is 1. The third-order valence-electron chi connectivity index (χ3n) is 6.25. The van der Waals surface area contributed by atoms with Gasteiger partial charge in [-0.3, -0.25) is 0 Å². The summed E-state index contributed by atoms with van der Waals surface area (Å²) >= 11 is 1.24. The largest absolute Gasteiger partial charge is 0.478 e. The Balaban J connectivity index is 1.61. The molecule has 202 valence electrons. The number of hydrogen-bond acceptors (Lipinski definition) is 10. The number of oxazole rings is 1. The lowest BCUT2D eigenvalue weighted by Gasteiger charge is -2.13. The van der Waals surface area contributed by atoms with Crippen molar-refractivity contribution in [3.63, 3.8) is 0 Å². The lowest BCUT2D eigenvalue weighted by molar-refractivity contribution is 0.0697. The number of nitrogen functional groups attached to an aromatic ring is 1. The van der Waals surface area contributed by atoms with E-state index in [2.05, 4.69) is 22.1 Å². The van der Waals surface area contributed by atoms with E-state index in [9.17, 15) is 20.4 Å². The monoisotopic (exact) mass is 555 g/mol. The van der Waals surface area contributed by atoms with Gasteiger partial charge in [-0.15, -0.1) is 0 Å². The molecular weight excluding hydrogens is 530 g/mol. The molecular formula is C29H25N5O5S. The van der Waals surface area contributed by atoms with Gasteiger partial charge in [-0.05, 0) is 55.2 Å². The number of nitrogens with two attached hydrogens (primary N) is 1. The Labute approximate surface area is 234 Å². The van der Waals surface area contributed by atoms with Crippen LogP contribution in [0, 0.1) is 29.6 Å². The molecule has 4 rings (SSSR count). The highest BCUT2D eigenvalue weighted by atomic mass is 32.2. The number of carboxylic acid groups (broad SMARTS) is 1. The molecule has 0 aliphatic heterocycles. The molecule has 5 N–H and O–H groups in total. The standard InChI is InChI=1S/C29H25N5O5S/c1-16-24(33-27(39-16)19-7-9-20(10-8-19)29(37)38)15-40-28-23(13-31)25(22(12-30)26(32)34-28)18-5-2-17(3-6-18)4-11-21(36)14-35/h2-3,5-10,21,35-36H,4,11,14-15H2,1H3,(H2,32,34)(H,37,38)/t21-/m1/s1. The maximum Gasteiger partial charge on any atom is 0.335 e. The van der Waals surface area contributed by atoms with Crippen LogP contribution in [0.2, 0.25) is 0 Å². The molecule has 1 atom stereocenters. The fourth-order valence-corrected chi connectivity index (χ4v) is 5.03. The Morgan fingerprint density at radius 2 is 1.70 bits per heavy atom. The molecule has 0 radical (unpaired) electrons. The van der Waals surface area contributed by atoms with Crippen LogP contribution >= 0.6 is 11.8 Å². The zero-order valence-corrected chi connectivity index (χ0v) is 22.3. The Morgan fingerprint density at radius 3 is 2.30 bits per heavy atom. The van der Waals surface area contributed by atoms with Crippen molar-refractivity contribution in [1.82, 2.24) is 9.97 Å². The van der Waals surface area contributed by atoms with Crippen molar-refractivity contribution in [1.29, 1.82) is 10.5 Å². The van der Waals surface area contributed by atoms with Crippen molar-refractivity contribution in [3.05, 3.63) is 82.2 Å². The van der Waals surface area contributed by atoms with Gasteiger partial charge in [0.05, 0.1) is 29.5 Å². The first-order chi connectivity index (χ1) is 19.2. The van der Waals surface area contributed by atoms with Gasteiger partial charge < -0.3 is 25.5 Å². The van der Waals surface area contributed by atoms with Gasteiger partial charge in [-0.1, -0.05) is 36.0 Å². The second-order valence-corrected chi connectivity index (χ2v) is 9.88. The number of rotatable bonds is 10. The van der Waals surface area contributed by atoms with Gasteiger partial charge in [-0.2, -0.15) is 10.5 Å². The number of aromatic nitrogens is 2. The van der Waals surface area contributed by atoms with Gasteiger partial charge in [0.1, 0.15) is 34.3 Å². The van der Waals surface area contributed by atoms with E-state index in [1.807, 2.05) is 12.1 Å². The number of thioether (sulfide) groups is 1. The van der Waals surface area contributed by atoms with Gasteiger partial charge >= 0.3 is 5.97 Å². The first kappa shape index (κ1) is 28.3. The van der Waals surface area contributed by atoms with Gasteiger partial charge in [-0.25, -0.2) is 14.8 Å². The summed E-state index contributed by atoms with van der Waals surface area (Å²) in [4.78, 5) is 20.0. The third-order valence-corrected chi connectivity index (χ3v) is 7.24. The fraction of sp³-hybridized carbons (Fsp3) is 0.207. The summed E-state index contributed by atoms with van der Waals surface area (Å²) in [6.45, 7) is 1.46. The molecule has 2 heterocycles. The zero-order valence-electron chi connectivity index (χ0n) is 21.5. The Morgan fingerprint density at radius 1 is 1.05 bits per heavy atom. The minimum atomic E-state index is -1.03. The van der Waals surface area contributed by atoms with Crippen molar-refractivity contribution < 1.29 is 24.5 Å². The van der Waals surface area contributed by atoms with Crippen LogP contribution in [0.3, 0.4) is 0 Å². The summed E-state index contributed by atoms with van der Waals surface area (Å²) in [7, 11) is 0. The molecule has 0 aliphatic carbocycles. The average Bonchev–Trinajstić information content (AvgIpc) is 3.34. The highest BCUT2D eigenvalue weighted by Gasteiger charge is 2.22. The number of carboxylic acids is 1. The number of hydrogen-bond donors (Lipinski definition) is 4. The lowest BCUT2D eigenvalue weighted by Crippen LogP contribution is -2.12. The molecule has 0 spiro atoms. The number of benzene rings is 2. The van der Waals surface area contributed by atoms with Crippen LogP contribution in [0.1, 0.15) is 44.9 Å². The average molecular weight is 556 g/mol. The van der Waals surface area contributed by atoms with Crippen LogP contribution < -0.4 is 5.73 Å². The molecule has 10 nitrogen and oxygen atoms in total. The van der Waals surface area contributed by atoms with Crippen molar-refractivity contribution in [2.75, 3.05) is 12.3 Å². The molecule has 0 aliphatic rings. The summed E-state index contributed by atoms with van der Waals surface area (Å²) < 4.78 is 5.80. The van der Waals surface area contributed by atoms with E-state index in [1.54, 1.807) is 31.2 Å². The second kappa shape index (κ2) is 12.5. The number of aryl methyl sites for hydroxylation is 2. The molecule has 11 heteroatoms. The van der Waals surface area contributed by atoms with E-state index in [0.29, 0.717) is 57.7 Å². The number of nitriles is 2. The summed E-state index contributed by atoms with van der Waals surface area (Å²) in [5.41, 5.74) is 9.81. The second-order valence-electron chi connectivity index (χ2n) is 8.92. The number of aliphatic hydroxyl groups excluding tert-OH is 2. The van der Waals surface area contributed by atoms with Gasteiger partial charge in [0.15, 0.2) is 0 Å². The third kappa shape index (κ3) is 6.14. The minimum Gasteiger partial charge on any atom is -0.478 e. The van der Waals surface area contributed by atoms with E-state index in [4.69, 9.17) is 20.4 Å². The zero-order chi connectivity index (χ0) is 28.8. The van der Waals surface area contributed by atoms with Gasteiger partial charge in [0.2, 0.25) is 5.89 Å². The molecule has 0 saturated heterocycles. The molecule has 40 heavy (non-hydrogen) atoms. The first-order valence-corrected chi connectivity index (χ1v) is 13.2. The maximum atomic E-state index is 11.1. The lowest BCUT2D eigenvalue weighted by atomic mass is 9.95. The topological polar surface area (TPSA) is 190 Å². The van der Waals surface area contributed by atoms with E-state index in [-0.39, 0.29) is 29.1 Å².